The van der Waals surface area contributed by atoms with Crippen LogP contribution < -0.4 is 4.90 Å². The molecule has 14 heavy (non-hydrogen) atoms. The average molecular weight is 251 g/mol. The second-order valence-corrected chi connectivity index (χ2v) is 4.26. The highest BCUT2D eigenvalue weighted by Gasteiger charge is 2.28. The molecule has 0 N–H and O–H groups in total. The van der Waals surface area contributed by atoms with E-state index in [9.17, 15) is 4.79 Å². The Kier molecular flexibility index (Phi) is 2.60. The predicted octanol–water partition coefficient (Wildman–Crippen LogP) is 3.38. The zero-order valence-electron chi connectivity index (χ0n) is 7.06. The molecule has 74 valence electrons. The van der Waals surface area contributed by atoms with Crippen molar-refractivity contribution < 1.29 is 4.79 Å². The number of nitrogens with zero attached hydrogens (tertiary/aromatic N) is 1. The molecule has 1 heterocycles. The first-order valence-corrected chi connectivity index (χ1v) is 5.18. The second kappa shape index (κ2) is 3.61. The largest absolute Gasteiger partial charge is 0.309 e. The maximum absolute atomic E-state index is 11.2. The van der Waals surface area contributed by atoms with Crippen LogP contribution in [0.1, 0.15) is 6.42 Å². The number of carbonyl (C=O) groups is 1. The molecule has 1 aromatic carbocycles. The first-order chi connectivity index (χ1) is 6.59. The van der Waals surface area contributed by atoms with E-state index in [0.29, 0.717) is 33.7 Å². The highest BCUT2D eigenvalue weighted by Crippen LogP contribution is 2.38. The molecule has 5 heteroatoms. The molecule has 0 unspecified atom stereocenters. The van der Waals surface area contributed by atoms with Gasteiger partial charge in [0, 0.05) is 18.0 Å². The quantitative estimate of drug-likeness (QED) is 0.700. The Morgan fingerprint density at radius 3 is 2.07 bits per heavy atom. The molecule has 0 radical (unpaired) electrons. The first kappa shape index (κ1) is 10.1. The number of carbonyl (C=O) groups excluding carboxylic acids is 1. The van der Waals surface area contributed by atoms with Crippen molar-refractivity contribution in [3.63, 3.8) is 0 Å². The summed E-state index contributed by atoms with van der Waals surface area (Å²) < 4.78 is 0. The minimum atomic E-state index is 0.0381. The summed E-state index contributed by atoms with van der Waals surface area (Å²) in [5, 5.41) is 1.29. The van der Waals surface area contributed by atoms with Gasteiger partial charge in [0.1, 0.15) is 0 Å². The number of hydrogen-bond donors (Lipinski definition) is 0. The summed E-state index contributed by atoms with van der Waals surface area (Å²) >= 11 is 17.6. The summed E-state index contributed by atoms with van der Waals surface area (Å²) in [6.07, 6.45) is 0.551. The van der Waals surface area contributed by atoms with E-state index in [4.69, 9.17) is 34.8 Å². The average Bonchev–Trinajstić information content (AvgIpc) is 2.08. The Balaban J connectivity index is 2.47. The molecule has 0 aliphatic carbocycles. The number of β-lactam (4-membered cyclic amide) rings is 1. The molecule has 2 rings (SSSR count). The fourth-order valence-electron chi connectivity index (χ4n) is 1.34. The SMILES string of the molecule is O=C1CCN1c1c(Cl)cc(Cl)cc1Cl. The number of benzene rings is 1. The minimum absolute atomic E-state index is 0.0381. The third kappa shape index (κ3) is 1.58. The van der Waals surface area contributed by atoms with Gasteiger partial charge in [-0.05, 0) is 12.1 Å². The molecule has 0 bridgehead atoms. The molecule has 1 aliphatic heterocycles. The minimum Gasteiger partial charge on any atom is -0.309 e. The van der Waals surface area contributed by atoms with Crippen molar-refractivity contribution in [3.8, 4) is 0 Å². The van der Waals surface area contributed by atoms with Gasteiger partial charge in [-0.3, -0.25) is 4.79 Å². The topological polar surface area (TPSA) is 20.3 Å². The molecule has 1 amide bonds. The Bertz CT molecular complexity index is 382. The van der Waals surface area contributed by atoms with Crippen LogP contribution >= 0.6 is 34.8 Å². The molecular weight excluding hydrogens is 244 g/mol. The van der Waals surface area contributed by atoms with Gasteiger partial charge in [0.2, 0.25) is 5.91 Å². The smallest absolute Gasteiger partial charge is 0.228 e. The van der Waals surface area contributed by atoms with Gasteiger partial charge in [0.15, 0.2) is 0 Å². The van der Waals surface area contributed by atoms with Crippen LogP contribution in [0.25, 0.3) is 0 Å². The third-order valence-corrected chi connectivity index (χ3v) is 2.90. The van der Waals surface area contributed by atoms with Crippen LogP contribution in [-0.4, -0.2) is 12.5 Å². The molecule has 0 atom stereocenters. The zero-order chi connectivity index (χ0) is 10.3. The van der Waals surface area contributed by atoms with E-state index >= 15 is 0 Å². The molecular formula is C9H6Cl3NO. The number of rotatable bonds is 1. The van der Waals surface area contributed by atoms with E-state index in [-0.39, 0.29) is 5.91 Å². The normalized spacial score (nSPS) is 15.6. The van der Waals surface area contributed by atoms with E-state index in [2.05, 4.69) is 0 Å². The summed E-state index contributed by atoms with van der Waals surface area (Å²) in [6.45, 7) is 0.667. The third-order valence-electron chi connectivity index (χ3n) is 2.10. The van der Waals surface area contributed by atoms with E-state index in [0.717, 1.165) is 0 Å². The van der Waals surface area contributed by atoms with Crippen molar-refractivity contribution >= 4 is 46.4 Å². The molecule has 2 nitrogen and oxygen atoms in total. The maximum Gasteiger partial charge on any atom is 0.228 e. The van der Waals surface area contributed by atoms with Gasteiger partial charge >= 0.3 is 0 Å². The Labute approximate surface area is 96.4 Å². The van der Waals surface area contributed by atoms with Gasteiger partial charge < -0.3 is 4.90 Å². The first-order valence-electron chi connectivity index (χ1n) is 4.04. The van der Waals surface area contributed by atoms with Crippen LogP contribution in [0.15, 0.2) is 12.1 Å². The number of hydrogen-bond acceptors (Lipinski definition) is 1. The van der Waals surface area contributed by atoms with E-state index in [1.807, 2.05) is 0 Å². The second-order valence-electron chi connectivity index (χ2n) is 3.01. The lowest BCUT2D eigenvalue weighted by Gasteiger charge is -2.32. The number of halogens is 3. The van der Waals surface area contributed by atoms with Crippen molar-refractivity contribution in [2.75, 3.05) is 11.4 Å². The fourth-order valence-corrected chi connectivity index (χ4v) is 2.36. The Morgan fingerprint density at radius 1 is 1.14 bits per heavy atom. The lowest BCUT2D eigenvalue weighted by molar-refractivity contribution is -0.122. The molecule has 0 saturated carbocycles. The molecule has 0 aromatic heterocycles. The van der Waals surface area contributed by atoms with Gasteiger partial charge in [0.25, 0.3) is 0 Å². The van der Waals surface area contributed by atoms with Crippen LogP contribution in [0.2, 0.25) is 15.1 Å². The van der Waals surface area contributed by atoms with Crippen molar-refractivity contribution in [1.82, 2.24) is 0 Å². The van der Waals surface area contributed by atoms with Gasteiger partial charge in [-0.25, -0.2) is 0 Å². The molecule has 1 fully saturated rings. The lowest BCUT2D eigenvalue weighted by Crippen LogP contribution is -2.43. The van der Waals surface area contributed by atoms with Crippen molar-refractivity contribution in [3.05, 3.63) is 27.2 Å². The van der Waals surface area contributed by atoms with E-state index in [1.54, 1.807) is 17.0 Å². The van der Waals surface area contributed by atoms with Gasteiger partial charge in [-0.1, -0.05) is 34.8 Å². The monoisotopic (exact) mass is 249 g/mol. The van der Waals surface area contributed by atoms with Crippen LogP contribution in [0, 0.1) is 0 Å². The number of anilines is 1. The summed E-state index contributed by atoms with van der Waals surface area (Å²) in [6, 6.07) is 3.16. The van der Waals surface area contributed by atoms with Gasteiger partial charge in [0.05, 0.1) is 15.7 Å². The van der Waals surface area contributed by atoms with Crippen molar-refractivity contribution in [1.29, 1.82) is 0 Å². The fraction of sp³-hybridized carbons (Fsp3) is 0.222. The predicted molar refractivity (Wildman–Crippen MR) is 58.4 cm³/mol. The highest BCUT2D eigenvalue weighted by atomic mass is 35.5. The van der Waals surface area contributed by atoms with E-state index in [1.165, 1.54) is 0 Å². The molecule has 0 spiro atoms. The van der Waals surface area contributed by atoms with Crippen LogP contribution in [0.4, 0.5) is 5.69 Å². The van der Waals surface area contributed by atoms with Gasteiger partial charge in [-0.2, -0.15) is 0 Å². The van der Waals surface area contributed by atoms with E-state index < -0.39 is 0 Å². The standard InChI is InChI=1S/C9H6Cl3NO/c10-5-3-6(11)9(7(12)4-5)13-2-1-8(13)14/h3-4H,1-2H2. The Hall–Kier alpha value is -0.440. The van der Waals surface area contributed by atoms with Crippen LogP contribution in [-0.2, 0) is 4.79 Å². The molecule has 1 aliphatic rings. The van der Waals surface area contributed by atoms with Crippen LogP contribution in [0.5, 0.6) is 0 Å². The molecule has 1 aromatic rings. The van der Waals surface area contributed by atoms with Crippen LogP contribution in [0.3, 0.4) is 0 Å². The van der Waals surface area contributed by atoms with Crippen molar-refractivity contribution in [2.24, 2.45) is 0 Å². The summed E-state index contributed by atoms with van der Waals surface area (Å²) in [4.78, 5) is 12.8. The summed E-state index contributed by atoms with van der Waals surface area (Å²) in [5.41, 5.74) is 0.564. The highest BCUT2D eigenvalue weighted by molar-refractivity contribution is 6.42. The summed E-state index contributed by atoms with van der Waals surface area (Å²) in [7, 11) is 0. The molecule has 1 saturated heterocycles. The maximum atomic E-state index is 11.2. The Morgan fingerprint density at radius 2 is 1.71 bits per heavy atom. The lowest BCUT2D eigenvalue weighted by atomic mass is 10.1. The number of amides is 1. The van der Waals surface area contributed by atoms with Crippen molar-refractivity contribution in [2.45, 2.75) is 6.42 Å². The zero-order valence-corrected chi connectivity index (χ0v) is 9.33. The summed E-state index contributed by atoms with van der Waals surface area (Å²) in [5.74, 6) is 0.0381. The van der Waals surface area contributed by atoms with Gasteiger partial charge in [-0.15, -0.1) is 0 Å².